The van der Waals surface area contributed by atoms with Crippen molar-refractivity contribution in [3.05, 3.63) is 36.5 Å². The number of nitrogens with one attached hydrogen (secondary N) is 1. The predicted octanol–water partition coefficient (Wildman–Crippen LogP) is 3.06. The number of hydrogen-bond donors (Lipinski definition) is 2. The molecule has 0 spiro atoms. The summed E-state index contributed by atoms with van der Waals surface area (Å²) >= 11 is 0. The summed E-state index contributed by atoms with van der Waals surface area (Å²) in [5.74, 6) is 1.43. The maximum absolute atomic E-state index is 8.99. The minimum Gasteiger partial charge on any atom is -0.396 e. The number of aromatic nitrogens is 1. The molecule has 2 aromatic rings. The molecule has 2 N–H and O–H groups in total. The van der Waals surface area contributed by atoms with E-state index in [-0.39, 0.29) is 6.61 Å². The van der Waals surface area contributed by atoms with Crippen molar-refractivity contribution in [2.45, 2.75) is 19.8 Å². The number of hydrogen-bond acceptors (Lipinski definition) is 3. The van der Waals surface area contributed by atoms with Gasteiger partial charge >= 0.3 is 0 Å². The fourth-order valence-electron chi connectivity index (χ4n) is 2.13. The van der Waals surface area contributed by atoms with E-state index in [1.165, 1.54) is 5.39 Å². The van der Waals surface area contributed by atoms with Crippen LogP contribution >= 0.6 is 0 Å². The second kappa shape index (κ2) is 6.36. The Balaban J connectivity index is 2.11. The third-order valence-electron chi connectivity index (χ3n) is 3.35. The van der Waals surface area contributed by atoms with Crippen molar-refractivity contribution in [3.8, 4) is 0 Å². The topological polar surface area (TPSA) is 45.1 Å². The normalized spacial score (nSPS) is 12.6. The molecule has 0 aliphatic heterocycles. The molecule has 1 aromatic carbocycles. The van der Waals surface area contributed by atoms with Crippen LogP contribution in [0.2, 0.25) is 0 Å². The molecule has 0 fully saturated rings. The molecule has 0 saturated heterocycles. The number of anilines is 1. The Morgan fingerprint density at radius 2 is 2.11 bits per heavy atom. The Morgan fingerprint density at radius 3 is 2.89 bits per heavy atom. The van der Waals surface area contributed by atoms with Gasteiger partial charge in [-0.25, -0.2) is 4.98 Å². The third-order valence-corrected chi connectivity index (χ3v) is 3.35. The predicted molar refractivity (Wildman–Crippen MR) is 75.7 cm³/mol. The molecule has 0 saturated carbocycles. The van der Waals surface area contributed by atoms with Gasteiger partial charge in [-0.1, -0.05) is 37.6 Å². The van der Waals surface area contributed by atoms with E-state index in [2.05, 4.69) is 29.4 Å². The summed E-state index contributed by atoms with van der Waals surface area (Å²) in [6.45, 7) is 3.26. The van der Waals surface area contributed by atoms with Gasteiger partial charge in [-0.15, -0.1) is 0 Å². The Labute approximate surface area is 108 Å². The van der Waals surface area contributed by atoms with E-state index in [0.717, 1.165) is 30.6 Å². The molecular formula is C15H20N2O. The minimum atomic E-state index is 0.253. The first-order valence-corrected chi connectivity index (χ1v) is 6.53. The number of benzene rings is 1. The van der Waals surface area contributed by atoms with Gasteiger partial charge in [-0.2, -0.15) is 0 Å². The lowest BCUT2D eigenvalue weighted by atomic mass is 10.0. The Hall–Kier alpha value is -1.61. The SMILES string of the molecule is CCC(CCO)CNc1nccc2ccccc12. The van der Waals surface area contributed by atoms with Crippen LogP contribution in [-0.4, -0.2) is 23.2 Å². The molecule has 0 aliphatic rings. The van der Waals surface area contributed by atoms with Crippen LogP contribution in [0.3, 0.4) is 0 Å². The summed E-state index contributed by atoms with van der Waals surface area (Å²) in [6.07, 6.45) is 3.74. The molecule has 3 nitrogen and oxygen atoms in total. The van der Waals surface area contributed by atoms with E-state index < -0.39 is 0 Å². The molecule has 96 valence electrons. The van der Waals surface area contributed by atoms with Crippen LogP contribution in [-0.2, 0) is 0 Å². The third kappa shape index (κ3) is 2.99. The average Bonchev–Trinajstić information content (AvgIpc) is 2.43. The van der Waals surface area contributed by atoms with Crippen molar-refractivity contribution >= 4 is 16.6 Å². The number of rotatable bonds is 6. The summed E-state index contributed by atoms with van der Waals surface area (Å²) in [5.41, 5.74) is 0. The molecule has 2 rings (SSSR count). The number of fused-ring (bicyclic) bond motifs is 1. The van der Waals surface area contributed by atoms with Gasteiger partial charge in [0.15, 0.2) is 0 Å². The molecule has 0 radical (unpaired) electrons. The van der Waals surface area contributed by atoms with E-state index in [4.69, 9.17) is 5.11 Å². The molecule has 1 unspecified atom stereocenters. The minimum absolute atomic E-state index is 0.253. The van der Waals surface area contributed by atoms with Crippen molar-refractivity contribution < 1.29 is 5.11 Å². The molecule has 18 heavy (non-hydrogen) atoms. The highest BCUT2D eigenvalue weighted by Gasteiger charge is 2.07. The van der Waals surface area contributed by atoms with Crippen LogP contribution in [0.5, 0.6) is 0 Å². The van der Waals surface area contributed by atoms with Crippen LogP contribution in [0.1, 0.15) is 19.8 Å². The maximum Gasteiger partial charge on any atom is 0.133 e. The number of nitrogens with zero attached hydrogens (tertiary/aromatic N) is 1. The Bertz CT molecular complexity index is 493. The van der Waals surface area contributed by atoms with E-state index in [0.29, 0.717) is 5.92 Å². The Kier molecular flexibility index (Phi) is 4.53. The fraction of sp³-hybridized carbons (Fsp3) is 0.400. The van der Waals surface area contributed by atoms with Crippen LogP contribution in [0.25, 0.3) is 10.8 Å². The van der Waals surface area contributed by atoms with Crippen molar-refractivity contribution in [1.82, 2.24) is 4.98 Å². The second-order valence-electron chi connectivity index (χ2n) is 4.55. The van der Waals surface area contributed by atoms with Crippen molar-refractivity contribution in [2.75, 3.05) is 18.5 Å². The van der Waals surface area contributed by atoms with Crippen LogP contribution in [0.15, 0.2) is 36.5 Å². The van der Waals surface area contributed by atoms with Gasteiger partial charge in [-0.05, 0) is 23.8 Å². The molecule has 0 amide bonds. The first kappa shape index (κ1) is 12.8. The highest BCUT2D eigenvalue weighted by molar-refractivity contribution is 5.91. The maximum atomic E-state index is 8.99. The van der Waals surface area contributed by atoms with Gasteiger partial charge < -0.3 is 10.4 Å². The van der Waals surface area contributed by atoms with Crippen molar-refractivity contribution in [1.29, 1.82) is 0 Å². The molecule has 0 bridgehead atoms. The number of pyridine rings is 1. The molecule has 0 aliphatic carbocycles. The Morgan fingerprint density at radius 1 is 1.28 bits per heavy atom. The summed E-state index contributed by atoms with van der Waals surface area (Å²) in [5, 5.41) is 14.7. The van der Waals surface area contributed by atoms with Gasteiger partial charge in [0.25, 0.3) is 0 Å². The van der Waals surface area contributed by atoms with Crippen LogP contribution in [0.4, 0.5) is 5.82 Å². The van der Waals surface area contributed by atoms with E-state index in [1.54, 1.807) is 0 Å². The van der Waals surface area contributed by atoms with Crippen LogP contribution in [0, 0.1) is 5.92 Å². The van der Waals surface area contributed by atoms with Gasteiger partial charge in [-0.3, -0.25) is 0 Å². The molecule has 1 atom stereocenters. The number of aliphatic hydroxyl groups excluding tert-OH is 1. The lowest BCUT2D eigenvalue weighted by molar-refractivity contribution is 0.258. The standard InChI is InChI=1S/C15H20N2O/c1-2-12(8-10-18)11-17-15-14-6-4-3-5-13(14)7-9-16-15/h3-7,9,12,18H,2,8,10-11H2,1H3,(H,16,17). The summed E-state index contributed by atoms with van der Waals surface area (Å²) in [6, 6.07) is 10.3. The molecule has 1 aromatic heterocycles. The zero-order valence-electron chi connectivity index (χ0n) is 10.8. The lowest BCUT2D eigenvalue weighted by Crippen LogP contribution is -2.15. The number of aliphatic hydroxyl groups is 1. The average molecular weight is 244 g/mol. The van der Waals surface area contributed by atoms with Crippen molar-refractivity contribution in [3.63, 3.8) is 0 Å². The summed E-state index contributed by atoms with van der Waals surface area (Å²) < 4.78 is 0. The monoisotopic (exact) mass is 244 g/mol. The van der Waals surface area contributed by atoms with E-state index in [9.17, 15) is 0 Å². The van der Waals surface area contributed by atoms with Gasteiger partial charge in [0.1, 0.15) is 5.82 Å². The lowest BCUT2D eigenvalue weighted by Gasteiger charge is -2.15. The van der Waals surface area contributed by atoms with E-state index >= 15 is 0 Å². The molecule has 3 heteroatoms. The van der Waals surface area contributed by atoms with Crippen LogP contribution < -0.4 is 5.32 Å². The first-order chi connectivity index (χ1) is 8.85. The quantitative estimate of drug-likeness (QED) is 0.821. The zero-order chi connectivity index (χ0) is 12.8. The van der Waals surface area contributed by atoms with Crippen molar-refractivity contribution in [2.24, 2.45) is 5.92 Å². The molecule has 1 heterocycles. The highest BCUT2D eigenvalue weighted by Crippen LogP contribution is 2.21. The zero-order valence-corrected chi connectivity index (χ0v) is 10.8. The smallest absolute Gasteiger partial charge is 0.133 e. The van der Waals surface area contributed by atoms with Gasteiger partial charge in [0.05, 0.1) is 0 Å². The summed E-state index contributed by atoms with van der Waals surface area (Å²) in [7, 11) is 0. The van der Waals surface area contributed by atoms with Gasteiger partial charge in [0.2, 0.25) is 0 Å². The summed E-state index contributed by atoms with van der Waals surface area (Å²) in [4.78, 5) is 4.40. The van der Waals surface area contributed by atoms with E-state index in [1.807, 2.05) is 24.4 Å². The second-order valence-corrected chi connectivity index (χ2v) is 4.55. The fourth-order valence-corrected chi connectivity index (χ4v) is 2.13. The molecular weight excluding hydrogens is 224 g/mol. The largest absolute Gasteiger partial charge is 0.396 e. The van der Waals surface area contributed by atoms with Gasteiger partial charge in [0, 0.05) is 24.7 Å². The first-order valence-electron chi connectivity index (χ1n) is 6.53. The highest BCUT2D eigenvalue weighted by atomic mass is 16.3.